The lowest BCUT2D eigenvalue weighted by Crippen LogP contribution is -2.48. The number of carbonyl (C=O) groups excluding carboxylic acids is 1. The summed E-state index contributed by atoms with van der Waals surface area (Å²) in [6.45, 7) is 1.29. The van der Waals surface area contributed by atoms with Crippen LogP contribution in [-0.4, -0.2) is 49.9 Å². The van der Waals surface area contributed by atoms with E-state index in [9.17, 15) is 23.1 Å². The Labute approximate surface area is 232 Å². The van der Waals surface area contributed by atoms with E-state index in [0.29, 0.717) is 17.5 Å². The van der Waals surface area contributed by atoms with Gasteiger partial charge in [-0.1, -0.05) is 54.6 Å². The second kappa shape index (κ2) is 12.3. The molecule has 0 unspecified atom stereocenters. The fourth-order valence-electron chi connectivity index (χ4n) is 4.43. The van der Waals surface area contributed by atoms with Crippen molar-refractivity contribution in [3.63, 3.8) is 0 Å². The predicted molar refractivity (Wildman–Crippen MR) is 149 cm³/mol. The van der Waals surface area contributed by atoms with Gasteiger partial charge in [0.1, 0.15) is 11.9 Å². The van der Waals surface area contributed by atoms with Gasteiger partial charge in [0.2, 0.25) is 15.9 Å². The summed E-state index contributed by atoms with van der Waals surface area (Å²) in [6, 6.07) is 20.9. The molecule has 3 aromatic carbocycles. The summed E-state index contributed by atoms with van der Waals surface area (Å²) >= 11 is 0. The van der Waals surface area contributed by atoms with Crippen molar-refractivity contribution in [2.45, 2.75) is 42.8 Å². The zero-order valence-electron chi connectivity index (χ0n) is 21.8. The number of carboxylic acids is 1. The first-order chi connectivity index (χ1) is 19.0. The molecule has 0 saturated carbocycles. The minimum atomic E-state index is -4.12. The third-order valence-electron chi connectivity index (χ3n) is 6.46. The van der Waals surface area contributed by atoms with Gasteiger partial charge >= 0.3 is 5.97 Å². The Morgan fingerprint density at radius 1 is 1.10 bits per heavy atom. The number of carboxylic acid groups (broad SMARTS) is 1. The van der Waals surface area contributed by atoms with Crippen molar-refractivity contribution in [1.29, 1.82) is 5.41 Å². The third kappa shape index (κ3) is 7.03. The van der Waals surface area contributed by atoms with Crippen molar-refractivity contribution in [2.75, 3.05) is 11.6 Å². The SMILES string of the molecule is Cc1cccc(S(=O)(=O)N[C@@H](CNC(=O)C[C@@H]2C[C@H](c3ccc(C(=N)N)cc3)N(c3ccccc3)O2)C(=O)O)c1. The number of nitrogens with zero attached hydrogens (tertiary/aromatic N) is 1. The van der Waals surface area contributed by atoms with Crippen LogP contribution in [0.3, 0.4) is 0 Å². The fourth-order valence-corrected chi connectivity index (χ4v) is 5.72. The van der Waals surface area contributed by atoms with Crippen LogP contribution in [0.1, 0.15) is 35.6 Å². The number of carbonyl (C=O) groups is 2. The summed E-state index contributed by atoms with van der Waals surface area (Å²) in [5.41, 5.74) is 8.58. The number of hydrogen-bond donors (Lipinski definition) is 5. The number of amidine groups is 1. The zero-order chi connectivity index (χ0) is 28.9. The lowest BCUT2D eigenvalue weighted by molar-refractivity contribution is -0.138. The van der Waals surface area contributed by atoms with Crippen LogP contribution in [0.15, 0.2) is 83.8 Å². The summed E-state index contributed by atoms with van der Waals surface area (Å²) in [7, 11) is -4.12. The van der Waals surface area contributed by atoms with E-state index < -0.39 is 40.6 Å². The van der Waals surface area contributed by atoms with Crippen molar-refractivity contribution < 1.29 is 28.0 Å². The Morgan fingerprint density at radius 3 is 2.42 bits per heavy atom. The fraction of sp³-hybridized carbons (Fsp3) is 0.250. The maximum absolute atomic E-state index is 12.8. The number of aliphatic carboxylic acids is 1. The largest absolute Gasteiger partial charge is 0.480 e. The molecule has 0 radical (unpaired) electrons. The van der Waals surface area contributed by atoms with Gasteiger partial charge in [0.05, 0.1) is 29.1 Å². The van der Waals surface area contributed by atoms with Gasteiger partial charge in [0.15, 0.2) is 0 Å². The van der Waals surface area contributed by atoms with Crippen molar-refractivity contribution in [3.8, 4) is 0 Å². The van der Waals surface area contributed by atoms with E-state index in [1.807, 2.05) is 42.5 Å². The number of nitrogens with two attached hydrogens (primary N) is 1. The quantitative estimate of drug-likeness (QED) is 0.174. The lowest BCUT2D eigenvalue weighted by Gasteiger charge is -2.25. The number of sulfonamides is 1. The first-order valence-electron chi connectivity index (χ1n) is 12.6. The topological polar surface area (TPSA) is 175 Å². The van der Waals surface area contributed by atoms with Crippen molar-refractivity contribution >= 4 is 33.4 Å². The maximum atomic E-state index is 12.8. The highest BCUT2D eigenvalue weighted by atomic mass is 32.2. The van der Waals surface area contributed by atoms with Gasteiger partial charge in [-0.05, 0) is 42.3 Å². The van der Waals surface area contributed by atoms with Gasteiger partial charge in [0.25, 0.3) is 0 Å². The van der Waals surface area contributed by atoms with Gasteiger partial charge in [-0.25, -0.2) is 13.5 Å². The van der Waals surface area contributed by atoms with Gasteiger partial charge < -0.3 is 16.2 Å². The average Bonchev–Trinajstić information content (AvgIpc) is 3.35. The molecule has 4 rings (SSSR count). The number of hydrogen-bond acceptors (Lipinski definition) is 7. The van der Waals surface area contributed by atoms with Crippen LogP contribution in [0.2, 0.25) is 0 Å². The molecule has 0 bridgehead atoms. The van der Waals surface area contributed by atoms with Crippen LogP contribution in [0.5, 0.6) is 0 Å². The molecule has 11 nitrogen and oxygen atoms in total. The molecule has 0 aromatic heterocycles. The maximum Gasteiger partial charge on any atom is 0.323 e. The van der Waals surface area contributed by atoms with Crippen LogP contribution >= 0.6 is 0 Å². The summed E-state index contributed by atoms with van der Waals surface area (Å²) in [5, 5.41) is 21.5. The van der Waals surface area contributed by atoms with E-state index in [2.05, 4.69) is 10.0 Å². The molecule has 1 fully saturated rings. The van der Waals surface area contributed by atoms with E-state index in [-0.39, 0.29) is 23.2 Å². The van der Waals surface area contributed by atoms with Gasteiger partial charge in [-0.15, -0.1) is 0 Å². The third-order valence-corrected chi connectivity index (χ3v) is 7.93. The van der Waals surface area contributed by atoms with Gasteiger partial charge in [-0.2, -0.15) is 4.72 Å². The number of para-hydroxylation sites is 1. The lowest BCUT2D eigenvalue weighted by atomic mass is 9.98. The van der Waals surface area contributed by atoms with Crippen LogP contribution in [-0.2, 0) is 24.4 Å². The van der Waals surface area contributed by atoms with Crippen molar-refractivity contribution in [3.05, 3.63) is 95.6 Å². The van der Waals surface area contributed by atoms with Crippen LogP contribution in [0.4, 0.5) is 5.69 Å². The summed E-state index contributed by atoms with van der Waals surface area (Å²) in [4.78, 5) is 30.6. The number of nitrogen functional groups attached to an aromatic ring is 1. The van der Waals surface area contributed by atoms with E-state index in [4.69, 9.17) is 16.0 Å². The van der Waals surface area contributed by atoms with Gasteiger partial charge in [0, 0.05) is 18.5 Å². The molecule has 3 aromatic rings. The Kier molecular flexibility index (Phi) is 8.83. The molecule has 1 heterocycles. The van der Waals surface area contributed by atoms with Crippen molar-refractivity contribution in [2.24, 2.45) is 5.73 Å². The van der Waals surface area contributed by atoms with E-state index in [0.717, 1.165) is 11.3 Å². The molecule has 1 aliphatic heterocycles. The molecule has 40 heavy (non-hydrogen) atoms. The molecule has 1 saturated heterocycles. The number of aryl methyl sites for hydroxylation is 1. The summed E-state index contributed by atoms with van der Waals surface area (Å²) in [6.07, 6.45) is -0.128. The zero-order valence-corrected chi connectivity index (χ0v) is 22.6. The molecule has 0 aliphatic carbocycles. The minimum absolute atomic E-state index is 0.0375. The highest BCUT2D eigenvalue weighted by Gasteiger charge is 2.36. The highest BCUT2D eigenvalue weighted by molar-refractivity contribution is 7.89. The number of nitrogens with one attached hydrogen (secondary N) is 3. The second-order valence-corrected chi connectivity index (χ2v) is 11.2. The molecular formula is C28H31N5O6S. The minimum Gasteiger partial charge on any atom is -0.480 e. The number of anilines is 1. The molecule has 1 amide bonds. The molecular weight excluding hydrogens is 534 g/mol. The average molecular weight is 566 g/mol. The van der Waals surface area contributed by atoms with E-state index >= 15 is 0 Å². The Morgan fingerprint density at radius 2 is 1.80 bits per heavy atom. The number of amides is 1. The molecule has 3 atom stereocenters. The molecule has 210 valence electrons. The molecule has 0 spiro atoms. The predicted octanol–water partition coefficient (Wildman–Crippen LogP) is 2.47. The van der Waals surface area contributed by atoms with E-state index in [1.165, 1.54) is 12.1 Å². The Balaban J connectivity index is 1.42. The number of rotatable bonds is 11. The Hall–Kier alpha value is -4.26. The monoisotopic (exact) mass is 565 g/mol. The molecule has 1 aliphatic rings. The molecule has 12 heteroatoms. The van der Waals surface area contributed by atoms with Crippen molar-refractivity contribution in [1.82, 2.24) is 10.0 Å². The first-order valence-corrected chi connectivity index (χ1v) is 14.1. The highest BCUT2D eigenvalue weighted by Crippen LogP contribution is 2.39. The first kappa shape index (κ1) is 28.7. The second-order valence-electron chi connectivity index (χ2n) is 9.51. The van der Waals surface area contributed by atoms with Gasteiger partial charge in [-0.3, -0.25) is 19.8 Å². The standard InChI is InChI=1S/C28H31N5O6S/c1-18-6-5-9-23(14-18)40(37,38)32-24(28(35)36)17-31-26(34)16-22-15-25(19-10-12-20(13-11-19)27(29)30)33(39-22)21-7-3-2-4-8-21/h2-14,22,24-25,32H,15-17H2,1H3,(H3,29,30)(H,31,34)(H,35,36)/t22-,24-,25+/m0/s1. The van der Waals surface area contributed by atoms with Crippen LogP contribution < -0.4 is 20.8 Å². The summed E-state index contributed by atoms with van der Waals surface area (Å²) < 4.78 is 27.5. The molecule has 6 N–H and O–H groups in total. The van der Waals surface area contributed by atoms with Crippen LogP contribution in [0.25, 0.3) is 0 Å². The number of benzene rings is 3. The van der Waals surface area contributed by atoms with E-state index in [1.54, 1.807) is 36.3 Å². The van der Waals surface area contributed by atoms with Crippen LogP contribution in [0, 0.1) is 12.3 Å². The number of hydroxylamine groups is 1. The Bertz CT molecular complexity index is 1480. The normalized spacial score (nSPS) is 17.8. The summed E-state index contributed by atoms with van der Waals surface area (Å²) in [5.74, 6) is -1.94. The smallest absolute Gasteiger partial charge is 0.323 e.